The molecule has 2 rings (SSSR count). The Bertz CT molecular complexity index is 646. The van der Waals surface area contributed by atoms with Gasteiger partial charge in [0.05, 0.1) is 11.7 Å². The van der Waals surface area contributed by atoms with Crippen LogP contribution in [0.5, 0.6) is 0 Å². The summed E-state index contributed by atoms with van der Waals surface area (Å²) >= 11 is 0. The van der Waals surface area contributed by atoms with Crippen LogP contribution in [0.4, 0.5) is 14.5 Å². The van der Waals surface area contributed by atoms with Crippen molar-refractivity contribution in [2.75, 3.05) is 5.73 Å². The Hall–Kier alpha value is -2.50. The molecular weight excluding hydrogens is 264 g/mol. The predicted molar refractivity (Wildman–Crippen MR) is 70.9 cm³/mol. The van der Waals surface area contributed by atoms with Crippen LogP contribution in [0, 0.1) is 11.6 Å². The summed E-state index contributed by atoms with van der Waals surface area (Å²) in [5.74, 6) is -2.36. The molecule has 1 heterocycles. The lowest BCUT2D eigenvalue weighted by molar-refractivity contribution is 0.0936. The number of nitrogen functional groups attached to an aromatic ring is 1. The predicted octanol–water partition coefficient (Wildman–Crippen LogP) is 2.43. The Kier molecular flexibility index (Phi) is 3.93. The van der Waals surface area contributed by atoms with E-state index < -0.39 is 23.6 Å². The molecule has 2 aromatic rings. The smallest absolute Gasteiger partial charge is 0.272 e. The molecule has 0 aliphatic carbocycles. The molecule has 4 nitrogen and oxygen atoms in total. The quantitative estimate of drug-likeness (QED) is 0.905. The zero-order valence-corrected chi connectivity index (χ0v) is 10.7. The lowest BCUT2D eigenvalue weighted by Crippen LogP contribution is -2.28. The lowest BCUT2D eigenvalue weighted by atomic mass is 10.1. The average Bonchev–Trinajstić information content (AvgIpc) is 2.42. The Balaban J connectivity index is 2.15. The minimum atomic E-state index is -0.957. The maximum atomic E-state index is 13.1. The number of hydrogen-bond acceptors (Lipinski definition) is 3. The molecule has 0 bridgehead atoms. The van der Waals surface area contributed by atoms with Gasteiger partial charge < -0.3 is 11.1 Å². The van der Waals surface area contributed by atoms with Gasteiger partial charge in [0.2, 0.25) is 0 Å². The maximum absolute atomic E-state index is 13.1. The van der Waals surface area contributed by atoms with Crippen molar-refractivity contribution in [3.8, 4) is 0 Å². The zero-order chi connectivity index (χ0) is 14.7. The monoisotopic (exact) mass is 277 g/mol. The fourth-order valence-electron chi connectivity index (χ4n) is 1.74. The summed E-state index contributed by atoms with van der Waals surface area (Å²) in [4.78, 5) is 15.9. The topological polar surface area (TPSA) is 68.0 Å². The van der Waals surface area contributed by atoms with Crippen molar-refractivity contribution in [1.82, 2.24) is 10.3 Å². The highest BCUT2D eigenvalue weighted by Gasteiger charge is 2.15. The van der Waals surface area contributed by atoms with Crippen molar-refractivity contribution in [3.05, 3.63) is 59.4 Å². The molecule has 1 aromatic carbocycles. The number of amides is 1. The normalized spacial score (nSPS) is 11.9. The minimum absolute atomic E-state index is 0.0990. The van der Waals surface area contributed by atoms with Gasteiger partial charge in [-0.15, -0.1) is 0 Å². The molecule has 0 aliphatic rings. The number of carbonyl (C=O) groups excluding carboxylic acids is 1. The third-order valence-corrected chi connectivity index (χ3v) is 2.85. The van der Waals surface area contributed by atoms with Crippen LogP contribution in [0.1, 0.15) is 29.0 Å². The van der Waals surface area contributed by atoms with Gasteiger partial charge in [-0.2, -0.15) is 0 Å². The van der Waals surface area contributed by atoms with Crippen molar-refractivity contribution in [1.29, 1.82) is 0 Å². The highest BCUT2D eigenvalue weighted by atomic mass is 19.2. The third-order valence-electron chi connectivity index (χ3n) is 2.85. The summed E-state index contributed by atoms with van der Waals surface area (Å²) in [6.45, 7) is 1.66. The van der Waals surface area contributed by atoms with Gasteiger partial charge in [-0.3, -0.25) is 4.79 Å². The van der Waals surface area contributed by atoms with E-state index in [1.54, 1.807) is 19.1 Å². The fourth-order valence-corrected chi connectivity index (χ4v) is 1.74. The van der Waals surface area contributed by atoms with E-state index >= 15 is 0 Å². The summed E-state index contributed by atoms with van der Waals surface area (Å²) in [5, 5.41) is 2.63. The second-order valence-corrected chi connectivity index (χ2v) is 4.31. The molecule has 0 saturated heterocycles. The van der Waals surface area contributed by atoms with Crippen molar-refractivity contribution >= 4 is 11.6 Å². The molecule has 20 heavy (non-hydrogen) atoms. The maximum Gasteiger partial charge on any atom is 0.272 e. The first-order valence-corrected chi connectivity index (χ1v) is 5.95. The van der Waals surface area contributed by atoms with Crippen LogP contribution in [0.3, 0.4) is 0 Å². The number of halogens is 2. The lowest BCUT2D eigenvalue weighted by Gasteiger charge is -2.14. The molecule has 104 valence electrons. The van der Waals surface area contributed by atoms with Gasteiger partial charge in [0, 0.05) is 6.20 Å². The molecule has 6 heteroatoms. The van der Waals surface area contributed by atoms with E-state index in [0.29, 0.717) is 5.56 Å². The van der Waals surface area contributed by atoms with Crippen molar-refractivity contribution in [3.63, 3.8) is 0 Å². The Morgan fingerprint density at radius 1 is 1.30 bits per heavy atom. The van der Waals surface area contributed by atoms with Crippen molar-refractivity contribution < 1.29 is 13.6 Å². The molecule has 0 spiro atoms. The van der Waals surface area contributed by atoms with Crippen LogP contribution in [-0.2, 0) is 0 Å². The van der Waals surface area contributed by atoms with Crippen LogP contribution >= 0.6 is 0 Å². The standard InChI is InChI=1S/C14H13F2N3O/c1-8(9-4-5-10(15)11(16)7-9)19-14(20)13-12(17)3-2-6-18-13/h2-8H,17H2,1H3,(H,19,20). The molecule has 1 atom stereocenters. The molecular formula is C14H13F2N3O. The van der Waals surface area contributed by atoms with E-state index in [1.807, 2.05) is 0 Å². The molecule has 0 aliphatic heterocycles. The number of benzene rings is 1. The van der Waals surface area contributed by atoms with Gasteiger partial charge in [-0.1, -0.05) is 6.07 Å². The molecule has 0 fully saturated rings. The van der Waals surface area contributed by atoms with Gasteiger partial charge in [-0.05, 0) is 36.8 Å². The number of carbonyl (C=O) groups is 1. The van der Waals surface area contributed by atoms with E-state index in [1.165, 1.54) is 12.3 Å². The summed E-state index contributed by atoms with van der Waals surface area (Å²) in [6, 6.07) is 6.14. The van der Waals surface area contributed by atoms with E-state index in [4.69, 9.17) is 5.73 Å². The van der Waals surface area contributed by atoms with E-state index in [9.17, 15) is 13.6 Å². The number of anilines is 1. The SMILES string of the molecule is CC(NC(=O)c1ncccc1N)c1ccc(F)c(F)c1. The summed E-state index contributed by atoms with van der Waals surface area (Å²) < 4.78 is 26.0. The molecule has 1 aromatic heterocycles. The van der Waals surface area contributed by atoms with Gasteiger partial charge in [0.1, 0.15) is 0 Å². The number of nitrogens with zero attached hydrogens (tertiary/aromatic N) is 1. The summed E-state index contributed by atoms with van der Waals surface area (Å²) in [5.41, 5.74) is 6.45. The first-order valence-electron chi connectivity index (χ1n) is 5.95. The second kappa shape index (κ2) is 5.64. The highest BCUT2D eigenvalue weighted by Crippen LogP contribution is 2.17. The first-order chi connectivity index (χ1) is 9.49. The van der Waals surface area contributed by atoms with E-state index in [-0.39, 0.29) is 11.4 Å². The number of pyridine rings is 1. The van der Waals surface area contributed by atoms with Crippen molar-refractivity contribution in [2.24, 2.45) is 0 Å². The van der Waals surface area contributed by atoms with Crippen molar-refractivity contribution in [2.45, 2.75) is 13.0 Å². The van der Waals surface area contributed by atoms with Crippen LogP contribution in [0.2, 0.25) is 0 Å². The number of nitrogens with two attached hydrogens (primary N) is 1. The molecule has 1 unspecified atom stereocenters. The Morgan fingerprint density at radius 2 is 2.05 bits per heavy atom. The van der Waals surface area contributed by atoms with Crippen LogP contribution in [0.15, 0.2) is 36.5 Å². The number of aromatic nitrogens is 1. The summed E-state index contributed by atoms with van der Waals surface area (Å²) in [7, 11) is 0. The largest absolute Gasteiger partial charge is 0.397 e. The Labute approximate surface area is 114 Å². The molecule has 1 amide bonds. The van der Waals surface area contributed by atoms with E-state index in [2.05, 4.69) is 10.3 Å². The first kappa shape index (κ1) is 13.9. The van der Waals surface area contributed by atoms with Gasteiger partial charge in [0.15, 0.2) is 17.3 Å². The van der Waals surface area contributed by atoms with E-state index in [0.717, 1.165) is 12.1 Å². The van der Waals surface area contributed by atoms with Gasteiger partial charge in [0.25, 0.3) is 5.91 Å². The number of rotatable bonds is 3. The number of nitrogens with one attached hydrogen (secondary N) is 1. The van der Waals surface area contributed by atoms with Gasteiger partial charge >= 0.3 is 0 Å². The number of hydrogen-bond donors (Lipinski definition) is 2. The molecule has 3 N–H and O–H groups in total. The van der Waals surface area contributed by atoms with Gasteiger partial charge in [-0.25, -0.2) is 13.8 Å². The van der Waals surface area contributed by atoms with Crippen LogP contribution < -0.4 is 11.1 Å². The molecule has 0 radical (unpaired) electrons. The Morgan fingerprint density at radius 3 is 2.70 bits per heavy atom. The zero-order valence-electron chi connectivity index (χ0n) is 10.7. The van der Waals surface area contributed by atoms with Crippen LogP contribution in [0.25, 0.3) is 0 Å². The molecule has 0 saturated carbocycles. The summed E-state index contributed by atoms with van der Waals surface area (Å²) in [6.07, 6.45) is 1.45. The highest BCUT2D eigenvalue weighted by molar-refractivity contribution is 5.97. The van der Waals surface area contributed by atoms with Crippen LogP contribution in [-0.4, -0.2) is 10.9 Å². The average molecular weight is 277 g/mol. The fraction of sp³-hybridized carbons (Fsp3) is 0.143. The third kappa shape index (κ3) is 2.90. The second-order valence-electron chi connectivity index (χ2n) is 4.31. The minimum Gasteiger partial charge on any atom is -0.397 e.